The van der Waals surface area contributed by atoms with Crippen LogP contribution in [0, 0.1) is 5.92 Å². The van der Waals surface area contributed by atoms with E-state index >= 15 is 0 Å². The van der Waals surface area contributed by atoms with E-state index in [4.69, 9.17) is 0 Å². The first-order valence-electron chi connectivity index (χ1n) is 6.89. The molecule has 2 heterocycles. The van der Waals surface area contributed by atoms with Gasteiger partial charge in [0.15, 0.2) is 0 Å². The van der Waals surface area contributed by atoms with Crippen molar-refractivity contribution in [3.63, 3.8) is 0 Å². The van der Waals surface area contributed by atoms with E-state index in [1.165, 1.54) is 12.8 Å². The third kappa shape index (κ3) is 1.44. The number of rotatable bonds is 1. The zero-order chi connectivity index (χ0) is 9.43. The molecule has 2 bridgehead atoms. The Hall–Kier alpha value is 0.0649. The minimum atomic E-state index is 0. The molecule has 0 unspecified atom stereocenters. The van der Waals surface area contributed by atoms with Crippen molar-refractivity contribution in [2.24, 2.45) is 5.92 Å². The normalized spacial score (nSPS) is 43.6. The third-order valence-electron chi connectivity index (χ3n) is 5.49. The van der Waals surface area contributed by atoms with E-state index in [1.807, 2.05) is 0 Å². The van der Waals surface area contributed by atoms with Gasteiger partial charge in [0.2, 0.25) is 0 Å². The molecule has 0 spiro atoms. The molecule has 2 saturated heterocycles. The van der Waals surface area contributed by atoms with Gasteiger partial charge in [0.05, 0.1) is 0 Å². The van der Waals surface area contributed by atoms with Gasteiger partial charge in [-0.25, -0.2) is 0 Å². The molecule has 3 rings (SSSR count). The Labute approximate surface area is 90.6 Å². The second-order valence-corrected chi connectivity index (χ2v) is 6.20. The summed E-state index contributed by atoms with van der Waals surface area (Å²) in [4.78, 5) is 0. The third-order valence-corrected chi connectivity index (χ3v) is 5.49. The lowest BCUT2D eigenvalue weighted by molar-refractivity contribution is 0.255. The molecule has 14 heavy (non-hydrogen) atoms. The summed E-state index contributed by atoms with van der Waals surface area (Å²) in [6.45, 7) is 0. The second kappa shape index (κ2) is 3.57. The molecular weight excluding hydrogens is 167 g/mol. The Morgan fingerprint density at radius 1 is 0.857 bits per heavy atom. The molecule has 3 aliphatic rings. The Morgan fingerprint density at radius 2 is 1.50 bits per heavy atom. The lowest BCUT2D eigenvalue weighted by Gasteiger charge is -2.48. The first-order valence-corrected chi connectivity index (χ1v) is 6.89. The fraction of sp³-hybridized carbons (Fsp3) is 1.00. The maximum atomic E-state index is 1.62. The zero-order valence-corrected chi connectivity index (χ0v) is 9.43. The molecule has 0 amide bonds. The predicted molar refractivity (Wildman–Crippen MR) is 65.4 cm³/mol. The van der Waals surface area contributed by atoms with Crippen molar-refractivity contribution in [3.8, 4) is 0 Å². The summed E-state index contributed by atoms with van der Waals surface area (Å²) in [6.07, 6.45) is 15.7. The average Bonchev–Trinajstić information content (AvgIpc) is 2.71. The molecule has 80 valence electrons. The highest BCUT2D eigenvalue weighted by molar-refractivity contribution is 6.42. The Kier molecular flexibility index (Phi) is 2.38. The molecule has 1 aliphatic carbocycles. The van der Waals surface area contributed by atoms with Crippen LogP contribution in [0.5, 0.6) is 0 Å². The summed E-state index contributed by atoms with van der Waals surface area (Å²) >= 11 is 0. The molecule has 2 aliphatic heterocycles. The van der Waals surface area contributed by atoms with Crippen molar-refractivity contribution in [1.29, 1.82) is 0 Å². The highest BCUT2D eigenvalue weighted by Gasteiger charge is 2.45. The van der Waals surface area contributed by atoms with Crippen LogP contribution in [0.3, 0.4) is 0 Å². The second-order valence-electron chi connectivity index (χ2n) is 6.20. The van der Waals surface area contributed by atoms with Gasteiger partial charge >= 0.3 is 0 Å². The van der Waals surface area contributed by atoms with E-state index in [1.54, 1.807) is 58.6 Å². The minimum Gasteiger partial charge on any atom is -0.0651 e. The van der Waals surface area contributed by atoms with Crippen molar-refractivity contribution in [3.05, 3.63) is 0 Å². The molecular formula is C13H25B. The van der Waals surface area contributed by atoms with Crippen LogP contribution in [0.25, 0.3) is 0 Å². The van der Waals surface area contributed by atoms with E-state index in [0.717, 1.165) is 17.0 Å². The number of fused-ring (bicyclic) bond motifs is 2. The maximum Gasteiger partial charge on any atom is 0.131 e. The lowest BCUT2D eigenvalue weighted by atomic mass is 9.33. The summed E-state index contributed by atoms with van der Waals surface area (Å²) in [5.74, 6) is 2.28. The highest BCUT2D eigenvalue weighted by atomic mass is 14.4. The Morgan fingerprint density at radius 3 is 2.14 bits per heavy atom. The largest absolute Gasteiger partial charge is 0.131 e. The standard InChI is InChI=1S/C13H23B.H2/c1-2-6-11(5-1)13-9-3-7-12(14-13)8-4-10-13;/h11-12,14H,1-10H2;1H. The molecule has 3 fully saturated rings. The van der Waals surface area contributed by atoms with Crippen LogP contribution in [-0.4, -0.2) is 7.28 Å². The first-order chi connectivity index (χ1) is 6.89. The SMILES string of the molecule is B1C2CCCC1(C1CCCC1)CCC2.[HH]. The highest BCUT2D eigenvalue weighted by Crippen LogP contribution is 2.59. The molecule has 0 nitrogen and oxygen atoms in total. The van der Waals surface area contributed by atoms with Crippen LogP contribution < -0.4 is 0 Å². The van der Waals surface area contributed by atoms with Crippen molar-refractivity contribution in [2.45, 2.75) is 75.3 Å². The van der Waals surface area contributed by atoms with E-state index < -0.39 is 0 Å². The molecule has 0 aromatic heterocycles. The van der Waals surface area contributed by atoms with Crippen molar-refractivity contribution in [1.82, 2.24) is 0 Å². The van der Waals surface area contributed by atoms with Gasteiger partial charge < -0.3 is 0 Å². The summed E-state index contributed by atoms with van der Waals surface area (Å²) in [7, 11) is 1.62. The zero-order valence-electron chi connectivity index (χ0n) is 9.43. The van der Waals surface area contributed by atoms with E-state index in [2.05, 4.69) is 0 Å². The van der Waals surface area contributed by atoms with Crippen LogP contribution in [0.2, 0.25) is 11.1 Å². The van der Waals surface area contributed by atoms with E-state index in [-0.39, 0.29) is 1.43 Å². The van der Waals surface area contributed by atoms with Gasteiger partial charge in [-0.15, -0.1) is 0 Å². The van der Waals surface area contributed by atoms with Crippen LogP contribution in [0.15, 0.2) is 0 Å². The van der Waals surface area contributed by atoms with Crippen molar-refractivity contribution in [2.75, 3.05) is 0 Å². The topological polar surface area (TPSA) is 0 Å². The van der Waals surface area contributed by atoms with Gasteiger partial charge in [0, 0.05) is 1.43 Å². The first kappa shape index (κ1) is 9.30. The van der Waals surface area contributed by atoms with Crippen LogP contribution >= 0.6 is 0 Å². The van der Waals surface area contributed by atoms with Crippen LogP contribution in [-0.2, 0) is 0 Å². The molecule has 1 saturated carbocycles. The van der Waals surface area contributed by atoms with Gasteiger partial charge in [-0.2, -0.15) is 0 Å². The van der Waals surface area contributed by atoms with Crippen molar-refractivity contribution < 1.29 is 1.43 Å². The monoisotopic (exact) mass is 192 g/mol. The maximum absolute atomic E-state index is 1.62. The van der Waals surface area contributed by atoms with Gasteiger partial charge in [-0.1, -0.05) is 75.3 Å². The Bertz CT molecular complexity index is 201. The van der Waals surface area contributed by atoms with E-state index in [9.17, 15) is 0 Å². The van der Waals surface area contributed by atoms with Crippen LogP contribution in [0.4, 0.5) is 0 Å². The number of hydrogen-bond acceptors (Lipinski definition) is 0. The molecule has 0 aromatic carbocycles. The van der Waals surface area contributed by atoms with Gasteiger partial charge in [-0.3, -0.25) is 0 Å². The number of hydrogen-bond donors (Lipinski definition) is 0. The molecule has 0 radical (unpaired) electrons. The molecule has 0 atom stereocenters. The fourth-order valence-corrected chi connectivity index (χ4v) is 4.85. The summed E-state index contributed by atoms with van der Waals surface area (Å²) in [6, 6.07) is 0. The average molecular weight is 192 g/mol. The summed E-state index contributed by atoms with van der Waals surface area (Å²) < 4.78 is 0. The molecule has 1 heteroatoms. The predicted octanol–water partition coefficient (Wildman–Crippen LogP) is 4.17. The van der Waals surface area contributed by atoms with Gasteiger partial charge in [0.25, 0.3) is 0 Å². The summed E-state index contributed by atoms with van der Waals surface area (Å²) in [5, 5.41) is 0.859. The smallest absolute Gasteiger partial charge is 0.0651 e. The van der Waals surface area contributed by atoms with Crippen molar-refractivity contribution >= 4 is 7.28 Å². The quantitative estimate of drug-likeness (QED) is 0.547. The summed E-state index contributed by atoms with van der Waals surface area (Å²) in [5.41, 5.74) is 0. The van der Waals surface area contributed by atoms with Gasteiger partial charge in [-0.05, 0) is 5.92 Å². The minimum absolute atomic E-state index is 0. The van der Waals surface area contributed by atoms with Gasteiger partial charge in [0.1, 0.15) is 7.28 Å². The van der Waals surface area contributed by atoms with E-state index in [0.29, 0.717) is 0 Å². The Balaban J connectivity index is 0.000000853. The molecule has 0 aromatic rings. The fourth-order valence-electron chi connectivity index (χ4n) is 4.85. The molecule has 0 N–H and O–H groups in total. The van der Waals surface area contributed by atoms with Crippen LogP contribution in [0.1, 0.15) is 65.6 Å². The lowest BCUT2D eigenvalue weighted by Crippen LogP contribution is -2.37.